The second-order valence-corrected chi connectivity index (χ2v) is 3.91. The molecule has 0 radical (unpaired) electrons. The Morgan fingerprint density at radius 3 is 2.93 bits per heavy atom. The molecular weight excluding hydrogens is 190 g/mol. The Morgan fingerprint density at radius 1 is 1.40 bits per heavy atom. The van der Waals surface area contributed by atoms with Crippen molar-refractivity contribution in [3.63, 3.8) is 0 Å². The van der Waals surface area contributed by atoms with Crippen molar-refractivity contribution in [2.75, 3.05) is 6.54 Å². The number of rotatable bonds is 3. The molecule has 0 aliphatic heterocycles. The molecule has 0 fully saturated rings. The van der Waals surface area contributed by atoms with Crippen LogP contribution in [0.1, 0.15) is 18.4 Å². The van der Waals surface area contributed by atoms with Crippen molar-refractivity contribution in [2.24, 2.45) is 11.7 Å². The average Bonchev–Trinajstić information content (AvgIpc) is 2.61. The summed E-state index contributed by atoms with van der Waals surface area (Å²) < 4.78 is 1.79. The molecule has 2 N–H and O–H groups in total. The Kier molecular flexibility index (Phi) is 2.64. The number of nitrogens with zero attached hydrogens (tertiary/aromatic N) is 4. The van der Waals surface area contributed by atoms with Gasteiger partial charge in [0.2, 0.25) is 0 Å². The second-order valence-electron chi connectivity index (χ2n) is 3.91. The lowest BCUT2D eigenvalue weighted by molar-refractivity contribution is 0.562. The van der Waals surface area contributed by atoms with Gasteiger partial charge in [-0.05, 0) is 31.5 Å². The van der Waals surface area contributed by atoms with E-state index in [0.29, 0.717) is 12.5 Å². The molecule has 0 saturated heterocycles. The van der Waals surface area contributed by atoms with Crippen molar-refractivity contribution < 1.29 is 0 Å². The molecule has 0 spiro atoms. The Balaban J connectivity index is 2.39. The highest BCUT2D eigenvalue weighted by atomic mass is 15.4. The van der Waals surface area contributed by atoms with Gasteiger partial charge in [-0.15, -0.1) is 10.2 Å². The summed E-state index contributed by atoms with van der Waals surface area (Å²) in [7, 11) is 0. The van der Waals surface area contributed by atoms with Gasteiger partial charge < -0.3 is 5.73 Å². The molecule has 0 aliphatic rings. The molecule has 1 atom stereocenters. The fraction of sp³-hybridized carbons (Fsp3) is 0.500. The summed E-state index contributed by atoms with van der Waals surface area (Å²) in [6.07, 6.45) is 0.814. The third kappa shape index (κ3) is 1.97. The van der Waals surface area contributed by atoms with Crippen LogP contribution < -0.4 is 5.73 Å². The number of hydrogen-bond acceptors (Lipinski definition) is 4. The van der Waals surface area contributed by atoms with Gasteiger partial charge in [-0.1, -0.05) is 6.92 Å². The number of hydrogen-bond donors (Lipinski definition) is 1. The van der Waals surface area contributed by atoms with E-state index in [-0.39, 0.29) is 0 Å². The zero-order chi connectivity index (χ0) is 10.8. The van der Waals surface area contributed by atoms with Gasteiger partial charge in [0, 0.05) is 6.42 Å². The molecule has 2 rings (SSSR count). The summed E-state index contributed by atoms with van der Waals surface area (Å²) in [5.74, 6) is 1.28. The predicted octanol–water partition coefficient (Wildman–Crippen LogP) is 0.570. The molecule has 5 nitrogen and oxygen atoms in total. The van der Waals surface area contributed by atoms with E-state index in [2.05, 4.69) is 22.2 Å². The Hall–Kier alpha value is -1.49. The van der Waals surface area contributed by atoms with Crippen LogP contribution in [0.2, 0.25) is 0 Å². The highest BCUT2D eigenvalue weighted by Crippen LogP contribution is 2.07. The van der Waals surface area contributed by atoms with E-state index in [1.165, 1.54) is 0 Å². The summed E-state index contributed by atoms with van der Waals surface area (Å²) in [4.78, 5) is 0. The summed E-state index contributed by atoms with van der Waals surface area (Å²) in [5.41, 5.74) is 7.34. The summed E-state index contributed by atoms with van der Waals surface area (Å²) in [6.45, 7) is 4.70. The van der Waals surface area contributed by atoms with Crippen molar-refractivity contribution in [3.05, 3.63) is 23.7 Å². The zero-order valence-electron chi connectivity index (χ0n) is 9.01. The van der Waals surface area contributed by atoms with Crippen molar-refractivity contribution in [3.8, 4) is 0 Å². The number of fused-ring (bicyclic) bond motifs is 1. The normalized spacial score (nSPS) is 13.3. The molecule has 0 aromatic carbocycles. The first kappa shape index (κ1) is 10.0. The highest BCUT2D eigenvalue weighted by molar-refractivity contribution is 5.36. The van der Waals surface area contributed by atoms with Crippen molar-refractivity contribution in [1.29, 1.82) is 0 Å². The smallest absolute Gasteiger partial charge is 0.177 e. The van der Waals surface area contributed by atoms with Crippen LogP contribution in [0.25, 0.3) is 5.65 Å². The van der Waals surface area contributed by atoms with Crippen molar-refractivity contribution in [1.82, 2.24) is 19.8 Å². The Bertz CT molecular complexity index is 462. The first-order chi connectivity index (χ1) is 7.20. The van der Waals surface area contributed by atoms with Crippen LogP contribution in [-0.4, -0.2) is 26.4 Å². The van der Waals surface area contributed by atoms with Crippen LogP contribution in [0.5, 0.6) is 0 Å². The SMILES string of the molecule is Cc1ccc2nnc(CC(C)CN)n2n1. The van der Waals surface area contributed by atoms with Crippen LogP contribution in [0, 0.1) is 12.8 Å². The van der Waals surface area contributed by atoms with Crippen molar-refractivity contribution in [2.45, 2.75) is 20.3 Å². The van der Waals surface area contributed by atoms with E-state index in [9.17, 15) is 0 Å². The predicted molar refractivity (Wildman–Crippen MR) is 57.4 cm³/mol. The minimum Gasteiger partial charge on any atom is -0.330 e. The minimum atomic E-state index is 0.403. The molecule has 2 aromatic rings. The minimum absolute atomic E-state index is 0.403. The molecule has 15 heavy (non-hydrogen) atoms. The molecule has 0 saturated carbocycles. The van der Waals surface area contributed by atoms with E-state index in [4.69, 9.17) is 5.73 Å². The first-order valence-electron chi connectivity index (χ1n) is 5.08. The van der Waals surface area contributed by atoms with E-state index in [0.717, 1.165) is 23.6 Å². The van der Waals surface area contributed by atoms with Crippen molar-refractivity contribution >= 4 is 5.65 Å². The molecule has 0 bridgehead atoms. The topological polar surface area (TPSA) is 69.1 Å². The third-order valence-electron chi connectivity index (χ3n) is 2.39. The van der Waals surface area contributed by atoms with E-state index in [1.54, 1.807) is 4.52 Å². The zero-order valence-corrected chi connectivity index (χ0v) is 9.01. The fourth-order valence-corrected chi connectivity index (χ4v) is 1.45. The number of nitrogens with two attached hydrogens (primary N) is 1. The maximum Gasteiger partial charge on any atom is 0.177 e. The fourth-order valence-electron chi connectivity index (χ4n) is 1.45. The average molecular weight is 205 g/mol. The largest absolute Gasteiger partial charge is 0.330 e. The van der Waals surface area contributed by atoms with Gasteiger partial charge in [-0.3, -0.25) is 0 Å². The molecule has 0 amide bonds. The maximum absolute atomic E-state index is 5.58. The number of aromatic nitrogens is 4. The van der Waals surface area contributed by atoms with Crippen LogP contribution in [0.4, 0.5) is 0 Å². The van der Waals surface area contributed by atoms with Gasteiger partial charge in [0.05, 0.1) is 5.69 Å². The maximum atomic E-state index is 5.58. The molecule has 2 aromatic heterocycles. The molecule has 1 unspecified atom stereocenters. The standard InChI is InChI=1S/C10H15N5/c1-7(6-11)5-10-13-12-9-4-3-8(2)14-15(9)10/h3-4,7H,5-6,11H2,1-2H3. The van der Waals surface area contributed by atoms with Crippen LogP contribution in [-0.2, 0) is 6.42 Å². The quantitative estimate of drug-likeness (QED) is 0.795. The molecule has 80 valence electrons. The summed E-state index contributed by atoms with van der Waals surface area (Å²) in [6, 6.07) is 3.85. The van der Waals surface area contributed by atoms with Gasteiger partial charge in [-0.25, -0.2) is 0 Å². The number of aryl methyl sites for hydroxylation is 1. The molecular formula is C10H15N5. The van der Waals surface area contributed by atoms with E-state index in [1.807, 2.05) is 19.1 Å². The lowest BCUT2D eigenvalue weighted by Crippen LogP contribution is -2.15. The van der Waals surface area contributed by atoms with Crippen LogP contribution >= 0.6 is 0 Å². The van der Waals surface area contributed by atoms with Gasteiger partial charge in [-0.2, -0.15) is 9.61 Å². The van der Waals surface area contributed by atoms with Gasteiger partial charge in [0.25, 0.3) is 0 Å². The van der Waals surface area contributed by atoms with E-state index >= 15 is 0 Å². The molecule has 2 heterocycles. The highest BCUT2D eigenvalue weighted by Gasteiger charge is 2.09. The van der Waals surface area contributed by atoms with Gasteiger partial charge >= 0.3 is 0 Å². The Labute approximate surface area is 88.3 Å². The second kappa shape index (κ2) is 3.94. The monoisotopic (exact) mass is 205 g/mol. The molecule has 0 aliphatic carbocycles. The Morgan fingerprint density at radius 2 is 2.20 bits per heavy atom. The van der Waals surface area contributed by atoms with Crippen LogP contribution in [0.15, 0.2) is 12.1 Å². The summed E-state index contributed by atoms with van der Waals surface area (Å²) in [5, 5.41) is 12.5. The van der Waals surface area contributed by atoms with Gasteiger partial charge in [0.15, 0.2) is 11.5 Å². The first-order valence-corrected chi connectivity index (χ1v) is 5.08. The molecule has 5 heteroatoms. The van der Waals surface area contributed by atoms with E-state index < -0.39 is 0 Å². The third-order valence-corrected chi connectivity index (χ3v) is 2.39. The summed E-state index contributed by atoms with van der Waals surface area (Å²) >= 11 is 0. The van der Waals surface area contributed by atoms with Gasteiger partial charge in [0.1, 0.15) is 0 Å². The van der Waals surface area contributed by atoms with Crippen LogP contribution in [0.3, 0.4) is 0 Å². The lowest BCUT2D eigenvalue weighted by atomic mass is 10.1. The lowest BCUT2D eigenvalue weighted by Gasteiger charge is -2.05.